The summed E-state index contributed by atoms with van der Waals surface area (Å²) in [6.45, 7) is 0.503. The predicted octanol–water partition coefficient (Wildman–Crippen LogP) is 0.544. The van der Waals surface area contributed by atoms with Crippen molar-refractivity contribution in [2.75, 3.05) is 12.3 Å². The Morgan fingerprint density at radius 1 is 1.44 bits per heavy atom. The summed E-state index contributed by atoms with van der Waals surface area (Å²) in [6.07, 6.45) is 3.96. The van der Waals surface area contributed by atoms with Crippen LogP contribution < -0.4 is 11.1 Å². The van der Waals surface area contributed by atoms with Crippen LogP contribution in [0, 0.1) is 0 Å². The van der Waals surface area contributed by atoms with Crippen LogP contribution in [-0.4, -0.2) is 28.3 Å². The highest BCUT2D eigenvalue weighted by molar-refractivity contribution is 6.48. The molecule has 2 aliphatic rings. The number of nitrogen functional groups attached to an aromatic ring is 1. The highest BCUT2D eigenvalue weighted by atomic mass is 16.3. The molecule has 0 saturated carbocycles. The zero-order chi connectivity index (χ0) is 12.7. The molecule has 0 saturated heterocycles. The fourth-order valence-corrected chi connectivity index (χ4v) is 2.23. The van der Waals surface area contributed by atoms with E-state index in [2.05, 4.69) is 15.3 Å². The minimum absolute atomic E-state index is 0.0870. The first-order valence-electron chi connectivity index (χ1n) is 5.60. The van der Waals surface area contributed by atoms with Crippen LogP contribution in [0.5, 0.6) is 5.75 Å². The number of allylic oxidation sites excluding steroid dienone is 1. The van der Waals surface area contributed by atoms with Crippen LogP contribution in [0.15, 0.2) is 28.9 Å². The molecule has 0 aromatic carbocycles. The number of nitrogens with one attached hydrogen (secondary N) is 2. The molecule has 0 fully saturated rings. The number of carbonyl (C=O) groups excluding carboxylic acids is 1. The average molecular weight is 244 g/mol. The summed E-state index contributed by atoms with van der Waals surface area (Å²) in [5, 5.41) is 12.6. The molecule has 1 aromatic heterocycles. The van der Waals surface area contributed by atoms with Crippen LogP contribution in [-0.2, 0) is 4.79 Å². The van der Waals surface area contributed by atoms with E-state index in [1.54, 1.807) is 12.3 Å². The Hall–Kier alpha value is -2.50. The van der Waals surface area contributed by atoms with Crippen LogP contribution in [0.4, 0.5) is 5.82 Å². The number of hydrogen-bond acceptors (Lipinski definition) is 4. The maximum absolute atomic E-state index is 11.7. The van der Waals surface area contributed by atoms with Crippen molar-refractivity contribution in [1.82, 2.24) is 10.3 Å². The summed E-state index contributed by atoms with van der Waals surface area (Å²) < 4.78 is 0. The van der Waals surface area contributed by atoms with Crippen LogP contribution in [0.2, 0.25) is 0 Å². The normalized spacial score (nSPS) is 18.4. The predicted molar refractivity (Wildman–Crippen MR) is 68.0 cm³/mol. The van der Waals surface area contributed by atoms with Gasteiger partial charge in [0.15, 0.2) is 0 Å². The van der Waals surface area contributed by atoms with Crippen molar-refractivity contribution in [3.05, 3.63) is 29.6 Å². The van der Waals surface area contributed by atoms with Gasteiger partial charge in [0.05, 0.1) is 5.69 Å². The Labute approximate surface area is 103 Å². The van der Waals surface area contributed by atoms with Gasteiger partial charge in [-0.3, -0.25) is 9.79 Å². The fraction of sp³-hybridized carbons (Fsp3) is 0.167. The van der Waals surface area contributed by atoms with E-state index in [-0.39, 0.29) is 11.7 Å². The van der Waals surface area contributed by atoms with E-state index in [0.717, 1.165) is 11.1 Å². The van der Waals surface area contributed by atoms with E-state index < -0.39 is 0 Å². The Balaban J connectivity index is 2.18. The summed E-state index contributed by atoms with van der Waals surface area (Å²) in [6, 6.07) is 1.46. The van der Waals surface area contributed by atoms with Gasteiger partial charge < -0.3 is 21.1 Å². The van der Waals surface area contributed by atoms with E-state index in [1.807, 2.05) is 0 Å². The molecule has 0 atom stereocenters. The fourth-order valence-electron chi connectivity index (χ4n) is 2.23. The second-order valence-corrected chi connectivity index (χ2v) is 4.18. The van der Waals surface area contributed by atoms with Crippen molar-refractivity contribution in [1.29, 1.82) is 0 Å². The van der Waals surface area contributed by atoms with Gasteiger partial charge in [0.25, 0.3) is 5.91 Å². The molecule has 5 N–H and O–H groups in total. The van der Waals surface area contributed by atoms with Gasteiger partial charge >= 0.3 is 0 Å². The van der Waals surface area contributed by atoms with Crippen molar-refractivity contribution in [2.24, 2.45) is 4.99 Å². The van der Waals surface area contributed by atoms with Gasteiger partial charge in [-0.1, -0.05) is 0 Å². The Morgan fingerprint density at radius 3 is 3.00 bits per heavy atom. The highest BCUT2D eigenvalue weighted by Gasteiger charge is 2.26. The maximum Gasteiger partial charge on any atom is 0.270 e. The molecule has 0 spiro atoms. The summed E-state index contributed by atoms with van der Waals surface area (Å²) >= 11 is 0. The number of nitrogens with zero attached hydrogens (tertiary/aromatic N) is 1. The SMILES string of the molecule is Nc1cc(O)c(C2=C3C=CN=C3C(=O)NCC2)[nH]1. The first-order chi connectivity index (χ1) is 8.66. The maximum atomic E-state index is 11.7. The van der Waals surface area contributed by atoms with E-state index in [4.69, 9.17) is 5.73 Å². The van der Waals surface area contributed by atoms with Crippen molar-refractivity contribution in [2.45, 2.75) is 6.42 Å². The van der Waals surface area contributed by atoms with Gasteiger partial charge in [0.1, 0.15) is 17.3 Å². The topological polar surface area (TPSA) is 104 Å². The van der Waals surface area contributed by atoms with Crippen molar-refractivity contribution < 1.29 is 9.90 Å². The molecular weight excluding hydrogens is 232 g/mol. The summed E-state index contributed by atoms with van der Waals surface area (Å²) in [5.41, 5.74) is 8.14. The molecule has 2 aliphatic heterocycles. The number of aromatic nitrogens is 1. The molecule has 6 nitrogen and oxygen atoms in total. The Bertz CT molecular complexity index is 622. The van der Waals surface area contributed by atoms with Gasteiger partial charge in [0, 0.05) is 24.4 Å². The lowest BCUT2D eigenvalue weighted by Gasteiger charge is -2.06. The number of fused-ring (bicyclic) bond motifs is 1. The van der Waals surface area contributed by atoms with Gasteiger partial charge in [0.2, 0.25) is 0 Å². The van der Waals surface area contributed by atoms with Crippen molar-refractivity contribution in [3.8, 4) is 5.75 Å². The molecular formula is C12H12N4O2. The van der Waals surface area contributed by atoms with E-state index in [9.17, 15) is 9.90 Å². The lowest BCUT2D eigenvalue weighted by Crippen LogP contribution is -2.29. The number of aliphatic imine (C=N–C) groups is 1. The first kappa shape index (κ1) is 10.6. The van der Waals surface area contributed by atoms with E-state index in [0.29, 0.717) is 30.2 Å². The van der Waals surface area contributed by atoms with Gasteiger partial charge in [-0.15, -0.1) is 0 Å². The minimum atomic E-state index is -0.191. The third-order valence-electron chi connectivity index (χ3n) is 3.02. The lowest BCUT2D eigenvalue weighted by molar-refractivity contribution is -0.114. The third kappa shape index (κ3) is 1.50. The second-order valence-electron chi connectivity index (χ2n) is 4.18. The largest absolute Gasteiger partial charge is 0.506 e. The Morgan fingerprint density at radius 2 is 2.28 bits per heavy atom. The van der Waals surface area contributed by atoms with Crippen molar-refractivity contribution in [3.63, 3.8) is 0 Å². The molecule has 0 aliphatic carbocycles. The summed E-state index contributed by atoms with van der Waals surface area (Å²) in [4.78, 5) is 18.7. The number of rotatable bonds is 1. The van der Waals surface area contributed by atoms with Crippen LogP contribution in [0.1, 0.15) is 12.1 Å². The smallest absolute Gasteiger partial charge is 0.270 e. The molecule has 3 rings (SSSR count). The molecule has 1 aromatic rings. The van der Waals surface area contributed by atoms with Crippen LogP contribution in [0.3, 0.4) is 0 Å². The van der Waals surface area contributed by atoms with Gasteiger partial charge in [-0.05, 0) is 18.1 Å². The standard InChI is InChI=1S/C12H12N4O2/c13-9-5-8(17)10(16-9)6-2-4-15-12(18)11-7(6)1-3-14-11/h1,3,5,16-17H,2,4,13H2,(H,15,18). The third-order valence-corrected chi connectivity index (χ3v) is 3.02. The lowest BCUT2D eigenvalue weighted by atomic mass is 9.99. The molecule has 0 bridgehead atoms. The van der Waals surface area contributed by atoms with Gasteiger partial charge in [-0.2, -0.15) is 0 Å². The second kappa shape index (κ2) is 3.76. The molecule has 0 radical (unpaired) electrons. The highest BCUT2D eigenvalue weighted by Crippen LogP contribution is 2.33. The van der Waals surface area contributed by atoms with Gasteiger partial charge in [-0.25, -0.2) is 0 Å². The van der Waals surface area contributed by atoms with Crippen LogP contribution >= 0.6 is 0 Å². The first-order valence-corrected chi connectivity index (χ1v) is 5.60. The zero-order valence-corrected chi connectivity index (χ0v) is 9.53. The van der Waals surface area contributed by atoms with Crippen LogP contribution in [0.25, 0.3) is 5.57 Å². The van der Waals surface area contributed by atoms with E-state index >= 15 is 0 Å². The number of carbonyl (C=O) groups is 1. The molecule has 92 valence electrons. The molecule has 6 heteroatoms. The number of H-pyrrole nitrogens is 1. The minimum Gasteiger partial charge on any atom is -0.506 e. The zero-order valence-electron chi connectivity index (χ0n) is 9.53. The molecule has 0 unspecified atom stereocenters. The molecule has 3 heterocycles. The monoisotopic (exact) mass is 244 g/mol. The number of aromatic hydroxyl groups is 1. The Kier molecular flexibility index (Phi) is 2.22. The quantitative estimate of drug-likeness (QED) is 0.579. The van der Waals surface area contributed by atoms with Crippen molar-refractivity contribution >= 4 is 23.0 Å². The molecule has 1 amide bonds. The summed E-state index contributed by atoms with van der Waals surface area (Å²) in [7, 11) is 0. The number of hydrogen-bond donors (Lipinski definition) is 4. The van der Waals surface area contributed by atoms with E-state index in [1.165, 1.54) is 6.07 Å². The number of anilines is 1. The number of amides is 1. The molecule has 18 heavy (non-hydrogen) atoms. The summed E-state index contributed by atoms with van der Waals surface area (Å²) in [5.74, 6) is 0.285. The number of aromatic amines is 1. The number of nitrogens with two attached hydrogens (primary N) is 1. The average Bonchev–Trinajstić information content (AvgIpc) is 2.88.